The third-order valence-corrected chi connectivity index (χ3v) is 6.10. The number of hydrogen-bond acceptors (Lipinski definition) is 6. The van der Waals surface area contributed by atoms with Crippen LogP contribution < -0.4 is 15.4 Å². The molecule has 7 nitrogen and oxygen atoms in total. The molecule has 0 aliphatic carbocycles. The lowest BCUT2D eigenvalue weighted by molar-refractivity contribution is -0.124. The van der Waals surface area contributed by atoms with Gasteiger partial charge < -0.3 is 20.1 Å². The Balaban J connectivity index is 1.43. The van der Waals surface area contributed by atoms with E-state index in [-0.39, 0.29) is 24.2 Å². The van der Waals surface area contributed by atoms with Crippen molar-refractivity contribution in [1.82, 2.24) is 5.32 Å². The Morgan fingerprint density at radius 1 is 0.886 bits per heavy atom. The number of anilines is 1. The highest BCUT2D eigenvalue weighted by atomic mass is 32.2. The van der Waals surface area contributed by atoms with Crippen LogP contribution in [0, 0.1) is 6.92 Å². The van der Waals surface area contributed by atoms with Gasteiger partial charge in [-0.15, -0.1) is 11.8 Å². The molecule has 0 heterocycles. The van der Waals surface area contributed by atoms with Gasteiger partial charge in [-0.05, 0) is 55.3 Å². The van der Waals surface area contributed by atoms with Crippen molar-refractivity contribution in [2.75, 3.05) is 31.3 Å². The lowest BCUT2D eigenvalue weighted by atomic mass is 10.1. The van der Waals surface area contributed by atoms with Crippen molar-refractivity contribution in [3.05, 3.63) is 89.5 Å². The third kappa shape index (κ3) is 8.50. The first-order valence-corrected chi connectivity index (χ1v) is 12.1. The van der Waals surface area contributed by atoms with E-state index in [0.29, 0.717) is 29.1 Å². The van der Waals surface area contributed by atoms with Crippen molar-refractivity contribution in [1.29, 1.82) is 0 Å². The molecule has 2 N–H and O–H groups in total. The third-order valence-electron chi connectivity index (χ3n) is 5.03. The van der Waals surface area contributed by atoms with E-state index >= 15 is 0 Å². The van der Waals surface area contributed by atoms with E-state index in [9.17, 15) is 14.4 Å². The van der Waals surface area contributed by atoms with Crippen LogP contribution in [0.5, 0.6) is 5.75 Å². The molecule has 3 aromatic rings. The number of carbonyl (C=O) groups excluding carboxylic acids is 3. The van der Waals surface area contributed by atoms with Crippen molar-refractivity contribution < 1.29 is 23.9 Å². The van der Waals surface area contributed by atoms with Gasteiger partial charge in [0.25, 0.3) is 5.91 Å². The van der Waals surface area contributed by atoms with Crippen molar-refractivity contribution in [2.24, 2.45) is 0 Å². The number of ether oxygens (including phenoxy) is 2. The number of carbonyl (C=O) groups is 3. The minimum Gasteiger partial charge on any atom is -0.497 e. The lowest BCUT2D eigenvalue weighted by Crippen LogP contribution is -2.30. The Labute approximate surface area is 209 Å². The number of aryl methyl sites for hydroxylation is 1. The highest BCUT2D eigenvalue weighted by molar-refractivity contribution is 8.00. The Hall–Kier alpha value is -3.78. The second kappa shape index (κ2) is 13.2. The van der Waals surface area contributed by atoms with Crippen LogP contribution in [0.3, 0.4) is 0 Å². The molecule has 0 aliphatic heterocycles. The second-order valence-electron chi connectivity index (χ2n) is 7.72. The molecule has 0 spiro atoms. The molecule has 0 aliphatic rings. The Morgan fingerprint density at radius 2 is 1.60 bits per heavy atom. The average molecular weight is 493 g/mol. The molecule has 2 amide bonds. The number of esters is 1. The minimum absolute atomic E-state index is 0.129. The van der Waals surface area contributed by atoms with Crippen LogP contribution in [0.4, 0.5) is 5.69 Å². The lowest BCUT2D eigenvalue weighted by Gasteiger charge is -2.10. The fourth-order valence-corrected chi connectivity index (χ4v) is 3.98. The van der Waals surface area contributed by atoms with Gasteiger partial charge in [0.05, 0.1) is 18.4 Å². The first-order valence-electron chi connectivity index (χ1n) is 11.1. The predicted octanol–water partition coefficient (Wildman–Crippen LogP) is 4.25. The highest BCUT2D eigenvalue weighted by Gasteiger charge is 2.15. The zero-order valence-corrected chi connectivity index (χ0v) is 20.5. The molecular formula is C27H28N2O5S. The van der Waals surface area contributed by atoms with E-state index in [1.54, 1.807) is 31.4 Å². The minimum atomic E-state index is -0.614. The summed E-state index contributed by atoms with van der Waals surface area (Å²) >= 11 is 1.23. The number of nitrogens with one attached hydrogen (secondary N) is 2. The van der Waals surface area contributed by atoms with E-state index < -0.39 is 5.97 Å². The molecule has 3 aromatic carbocycles. The van der Waals surface area contributed by atoms with Crippen LogP contribution in [-0.2, 0) is 20.7 Å². The van der Waals surface area contributed by atoms with E-state index in [1.165, 1.54) is 11.8 Å². The summed E-state index contributed by atoms with van der Waals surface area (Å²) in [6, 6.07) is 22.0. The van der Waals surface area contributed by atoms with Gasteiger partial charge in [0.15, 0.2) is 6.61 Å². The molecule has 0 atom stereocenters. The molecule has 0 bridgehead atoms. The highest BCUT2D eigenvalue weighted by Crippen LogP contribution is 2.23. The van der Waals surface area contributed by atoms with Gasteiger partial charge in [0.1, 0.15) is 5.75 Å². The van der Waals surface area contributed by atoms with Crippen molar-refractivity contribution in [3.63, 3.8) is 0 Å². The maximum Gasteiger partial charge on any atom is 0.339 e. The van der Waals surface area contributed by atoms with Gasteiger partial charge in [-0.25, -0.2) is 4.79 Å². The molecule has 0 saturated carbocycles. The summed E-state index contributed by atoms with van der Waals surface area (Å²) in [5.74, 6) is -0.274. The van der Waals surface area contributed by atoms with E-state index in [4.69, 9.17) is 9.47 Å². The molecule has 8 heteroatoms. The van der Waals surface area contributed by atoms with Crippen LogP contribution >= 0.6 is 11.8 Å². The van der Waals surface area contributed by atoms with Gasteiger partial charge in [-0.1, -0.05) is 42.0 Å². The second-order valence-corrected chi connectivity index (χ2v) is 8.74. The van der Waals surface area contributed by atoms with E-state index in [2.05, 4.69) is 10.6 Å². The molecule has 0 unspecified atom stereocenters. The zero-order chi connectivity index (χ0) is 25.0. The maximum atomic E-state index is 12.6. The monoisotopic (exact) mass is 492 g/mol. The van der Waals surface area contributed by atoms with Crippen LogP contribution in [0.15, 0.2) is 77.7 Å². The van der Waals surface area contributed by atoms with Gasteiger partial charge in [-0.3, -0.25) is 9.59 Å². The summed E-state index contributed by atoms with van der Waals surface area (Å²) in [6.45, 7) is 2.02. The molecule has 3 rings (SSSR count). The number of methoxy groups -OCH3 is 1. The number of amides is 2. The standard InChI is InChI=1S/C27H28N2O5S/c1-19-7-11-21(12-8-19)29-26(31)18-35-24-6-4-3-5-23(24)27(32)34-17-25(30)28-16-15-20-9-13-22(33-2)14-10-20/h3-14H,15-18H2,1-2H3,(H,28,30)(H,29,31). The summed E-state index contributed by atoms with van der Waals surface area (Å²) in [4.78, 5) is 37.6. The first kappa shape index (κ1) is 25.8. The fraction of sp³-hybridized carbons (Fsp3) is 0.222. The fourth-order valence-electron chi connectivity index (χ4n) is 3.14. The van der Waals surface area contributed by atoms with Crippen molar-refractivity contribution >= 4 is 35.2 Å². The van der Waals surface area contributed by atoms with Crippen LogP contribution in [-0.4, -0.2) is 43.8 Å². The maximum absolute atomic E-state index is 12.6. The molecule has 182 valence electrons. The van der Waals surface area contributed by atoms with Crippen LogP contribution in [0.2, 0.25) is 0 Å². The summed E-state index contributed by atoms with van der Waals surface area (Å²) in [5, 5.41) is 5.57. The number of thioether (sulfide) groups is 1. The summed E-state index contributed by atoms with van der Waals surface area (Å²) in [7, 11) is 1.61. The molecule has 0 aromatic heterocycles. The number of rotatable bonds is 11. The number of hydrogen-bond donors (Lipinski definition) is 2. The first-order chi connectivity index (χ1) is 16.9. The molecule has 35 heavy (non-hydrogen) atoms. The average Bonchev–Trinajstić information content (AvgIpc) is 2.88. The number of benzene rings is 3. The van der Waals surface area contributed by atoms with Gasteiger partial charge in [0.2, 0.25) is 5.91 Å². The Kier molecular flexibility index (Phi) is 9.74. The molecule has 0 saturated heterocycles. The van der Waals surface area contributed by atoms with E-state index in [1.807, 2.05) is 55.5 Å². The van der Waals surface area contributed by atoms with Crippen LogP contribution in [0.1, 0.15) is 21.5 Å². The topological polar surface area (TPSA) is 93.7 Å². The Morgan fingerprint density at radius 3 is 2.31 bits per heavy atom. The summed E-state index contributed by atoms with van der Waals surface area (Å²) in [5.41, 5.74) is 3.19. The van der Waals surface area contributed by atoms with Crippen molar-refractivity contribution in [2.45, 2.75) is 18.2 Å². The van der Waals surface area contributed by atoms with E-state index in [0.717, 1.165) is 16.9 Å². The largest absolute Gasteiger partial charge is 0.497 e. The normalized spacial score (nSPS) is 10.3. The SMILES string of the molecule is COc1ccc(CCNC(=O)COC(=O)c2ccccc2SCC(=O)Nc2ccc(C)cc2)cc1. The zero-order valence-electron chi connectivity index (χ0n) is 19.7. The smallest absolute Gasteiger partial charge is 0.339 e. The van der Waals surface area contributed by atoms with Gasteiger partial charge >= 0.3 is 5.97 Å². The summed E-state index contributed by atoms with van der Waals surface area (Å²) in [6.07, 6.45) is 0.647. The predicted molar refractivity (Wildman–Crippen MR) is 137 cm³/mol. The summed E-state index contributed by atoms with van der Waals surface area (Å²) < 4.78 is 10.3. The molecule has 0 fully saturated rings. The van der Waals surface area contributed by atoms with Gasteiger partial charge in [0, 0.05) is 17.1 Å². The molecular weight excluding hydrogens is 464 g/mol. The van der Waals surface area contributed by atoms with Crippen molar-refractivity contribution in [3.8, 4) is 5.75 Å². The Bertz CT molecular complexity index is 1150. The molecule has 0 radical (unpaired) electrons. The quantitative estimate of drug-likeness (QED) is 0.307. The van der Waals surface area contributed by atoms with Crippen LogP contribution in [0.25, 0.3) is 0 Å². The van der Waals surface area contributed by atoms with Gasteiger partial charge in [-0.2, -0.15) is 0 Å².